The van der Waals surface area contributed by atoms with Crippen LogP contribution in [0.3, 0.4) is 0 Å². The van der Waals surface area contributed by atoms with E-state index in [1.807, 2.05) is 0 Å². The van der Waals surface area contributed by atoms with Gasteiger partial charge in [-0.1, -0.05) is 0 Å². The maximum Gasteiger partial charge on any atom is 0.338 e. The van der Waals surface area contributed by atoms with Gasteiger partial charge in [-0.25, -0.2) is 4.79 Å². The Hall–Kier alpha value is -0.610. The molecule has 0 aromatic rings. The molecular weight excluding hydrogens is 158 g/mol. The van der Waals surface area contributed by atoms with Crippen LogP contribution in [0, 0.1) is 5.92 Å². The van der Waals surface area contributed by atoms with Crippen LogP contribution in [0.2, 0.25) is 0 Å². The maximum absolute atomic E-state index is 11.2. The number of carbonyl (C=O) groups is 1. The second-order valence-corrected chi connectivity index (χ2v) is 3.55. The van der Waals surface area contributed by atoms with E-state index in [4.69, 9.17) is 10.5 Å². The molecule has 4 nitrogen and oxygen atoms in total. The van der Waals surface area contributed by atoms with Gasteiger partial charge in [0.05, 0.1) is 13.2 Å². The first-order valence-electron chi connectivity index (χ1n) is 4.18. The second kappa shape index (κ2) is 2.44. The lowest BCUT2D eigenvalue weighted by Gasteiger charge is -2.32. The molecule has 1 unspecified atom stereocenters. The molecule has 0 radical (unpaired) electrons. The monoisotopic (exact) mass is 171 g/mol. The minimum atomic E-state index is -0.622. The molecule has 3 rings (SSSR count). The van der Waals surface area contributed by atoms with E-state index in [1.54, 1.807) is 0 Å². The highest BCUT2D eigenvalue weighted by Crippen LogP contribution is 2.52. The number of ether oxygens (including phenoxy) is 2. The predicted molar refractivity (Wildman–Crippen MR) is 41.4 cm³/mol. The molecule has 12 heavy (non-hydrogen) atoms. The summed E-state index contributed by atoms with van der Waals surface area (Å²) in [7, 11) is 1.39. The number of fused-ring (bicyclic) bond motifs is 1. The van der Waals surface area contributed by atoms with Gasteiger partial charge in [-0.3, -0.25) is 0 Å². The summed E-state index contributed by atoms with van der Waals surface area (Å²) in [5, 5.41) is 0. The number of methoxy groups -OCH3 is 1. The summed E-state index contributed by atoms with van der Waals surface area (Å²) < 4.78 is 10.2. The average molecular weight is 171 g/mol. The molecule has 3 fully saturated rings. The van der Waals surface area contributed by atoms with Gasteiger partial charge in [-0.2, -0.15) is 0 Å². The van der Waals surface area contributed by atoms with Crippen LogP contribution >= 0.6 is 0 Å². The summed E-state index contributed by atoms with van der Waals surface area (Å²) in [6, 6.07) is 0. The Balaban J connectivity index is 2.06. The van der Waals surface area contributed by atoms with Crippen LogP contribution < -0.4 is 5.73 Å². The highest BCUT2D eigenvalue weighted by molar-refractivity contribution is 5.81. The zero-order chi connectivity index (χ0) is 8.77. The molecule has 68 valence electrons. The predicted octanol–water partition coefficient (Wildman–Crippen LogP) is -0.334. The van der Waals surface area contributed by atoms with E-state index < -0.39 is 5.60 Å². The Morgan fingerprint density at radius 1 is 1.75 bits per heavy atom. The number of hydrogen-bond donors (Lipinski definition) is 1. The lowest BCUT2D eigenvalue weighted by Crippen LogP contribution is -2.45. The first-order valence-corrected chi connectivity index (χ1v) is 4.18. The number of esters is 1. The molecule has 1 saturated carbocycles. The fourth-order valence-corrected chi connectivity index (χ4v) is 2.17. The number of carbonyl (C=O) groups excluding carboxylic acids is 1. The van der Waals surface area contributed by atoms with Crippen LogP contribution in [0.1, 0.15) is 12.8 Å². The van der Waals surface area contributed by atoms with Gasteiger partial charge in [-0.05, 0) is 18.8 Å². The lowest BCUT2D eigenvalue weighted by atomic mass is 9.72. The van der Waals surface area contributed by atoms with Crippen molar-refractivity contribution in [2.75, 3.05) is 13.7 Å². The molecule has 4 heteroatoms. The SMILES string of the molecule is COC(=O)C12CC(C1)C(CN)O2. The Bertz CT molecular complexity index is 210. The number of rotatable bonds is 2. The highest BCUT2D eigenvalue weighted by atomic mass is 16.6. The molecule has 2 bridgehead atoms. The molecule has 2 aliphatic heterocycles. The Labute approximate surface area is 71.0 Å². The standard InChI is InChI=1S/C8H13NO3/c1-11-7(10)8-2-5(3-8)6(4-9)12-8/h5-6H,2-4,9H2,1H3. The zero-order valence-electron chi connectivity index (χ0n) is 7.08. The van der Waals surface area contributed by atoms with E-state index in [1.165, 1.54) is 7.11 Å². The van der Waals surface area contributed by atoms with Gasteiger partial charge in [0.25, 0.3) is 0 Å². The fraction of sp³-hybridized carbons (Fsp3) is 0.875. The molecule has 2 heterocycles. The molecule has 1 aliphatic carbocycles. The molecule has 1 atom stereocenters. The Morgan fingerprint density at radius 2 is 2.42 bits per heavy atom. The first kappa shape index (κ1) is 8.01. The minimum Gasteiger partial charge on any atom is -0.467 e. The molecular formula is C8H13NO3. The Kier molecular flexibility index (Phi) is 1.63. The van der Waals surface area contributed by atoms with Crippen molar-refractivity contribution in [1.29, 1.82) is 0 Å². The van der Waals surface area contributed by atoms with Crippen LogP contribution in [-0.4, -0.2) is 31.3 Å². The van der Waals surface area contributed by atoms with Crippen LogP contribution in [0.25, 0.3) is 0 Å². The van der Waals surface area contributed by atoms with Crippen molar-refractivity contribution in [3.63, 3.8) is 0 Å². The third kappa shape index (κ3) is 0.820. The summed E-state index contributed by atoms with van der Waals surface area (Å²) in [6.45, 7) is 0.503. The smallest absolute Gasteiger partial charge is 0.338 e. The molecule has 0 aromatic heterocycles. The van der Waals surface area contributed by atoms with Crippen LogP contribution in [-0.2, 0) is 14.3 Å². The van der Waals surface area contributed by atoms with Gasteiger partial charge in [0.15, 0.2) is 5.60 Å². The summed E-state index contributed by atoms with van der Waals surface area (Å²) in [4.78, 5) is 11.2. The molecule has 3 aliphatic rings. The van der Waals surface area contributed by atoms with Crippen molar-refractivity contribution in [3.8, 4) is 0 Å². The molecule has 0 amide bonds. The van der Waals surface area contributed by atoms with Gasteiger partial charge in [0.1, 0.15) is 0 Å². The topological polar surface area (TPSA) is 61.5 Å². The third-order valence-corrected chi connectivity index (χ3v) is 2.88. The summed E-state index contributed by atoms with van der Waals surface area (Å²) >= 11 is 0. The molecule has 0 aromatic carbocycles. The largest absolute Gasteiger partial charge is 0.467 e. The number of nitrogens with two attached hydrogens (primary N) is 1. The quantitative estimate of drug-likeness (QED) is 0.578. The summed E-state index contributed by atoms with van der Waals surface area (Å²) in [5.74, 6) is 0.240. The molecule has 2 saturated heterocycles. The summed E-state index contributed by atoms with van der Waals surface area (Å²) in [6.07, 6.45) is 1.66. The van der Waals surface area contributed by atoms with Crippen molar-refractivity contribution < 1.29 is 14.3 Å². The van der Waals surface area contributed by atoms with Gasteiger partial charge in [0.2, 0.25) is 0 Å². The van der Waals surface area contributed by atoms with Crippen LogP contribution in [0.4, 0.5) is 0 Å². The van der Waals surface area contributed by atoms with E-state index in [0.717, 1.165) is 12.8 Å². The van der Waals surface area contributed by atoms with Crippen molar-refractivity contribution in [2.45, 2.75) is 24.5 Å². The van der Waals surface area contributed by atoms with Gasteiger partial charge < -0.3 is 15.2 Å². The van der Waals surface area contributed by atoms with Crippen molar-refractivity contribution in [1.82, 2.24) is 0 Å². The van der Waals surface area contributed by atoms with E-state index in [9.17, 15) is 4.79 Å². The molecule has 2 N–H and O–H groups in total. The van der Waals surface area contributed by atoms with E-state index >= 15 is 0 Å². The highest BCUT2D eigenvalue weighted by Gasteiger charge is 2.62. The maximum atomic E-state index is 11.2. The Morgan fingerprint density at radius 3 is 2.83 bits per heavy atom. The minimum absolute atomic E-state index is 0.0732. The molecule has 0 spiro atoms. The lowest BCUT2D eigenvalue weighted by molar-refractivity contribution is -0.167. The first-order chi connectivity index (χ1) is 5.72. The normalized spacial score (nSPS) is 43.8. The van der Waals surface area contributed by atoms with Gasteiger partial charge in [-0.15, -0.1) is 0 Å². The second-order valence-electron chi connectivity index (χ2n) is 3.55. The summed E-state index contributed by atoms with van der Waals surface area (Å²) in [5.41, 5.74) is 4.85. The van der Waals surface area contributed by atoms with Gasteiger partial charge in [0, 0.05) is 6.54 Å². The van der Waals surface area contributed by atoms with E-state index in [2.05, 4.69) is 4.74 Å². The number of hydrogen-bond acceptors (Lipinski definition) is 4. The van der Waals surface area contributed by atoms with Crippen LogP contribution in [0.15, 0.2) is 0 Å². The van der Waals surface area contributed by atoms with Crippen LogP contribution in [0.5, 0.6) is 0 Å². The fourth-order valence-electron chi connectivity index (χ4n) is 2.17. The van der Waals surface area contributed by atoms with Crippen molar-refractivity contribution >= 4 is 5.97 Å². The van der Waals surface area contributed by atoms with Crippen molar-refractivity contribution in [2.24, 2.45) is 11.7 Å². The van der Waals surface area contributed by atoms with Crippen molar-refractivity contribution in [3.05, 3.63) is 0 Å². The zero-order valence-corrected chi connectivity index (χ0v) is 7.08. The average Bonchev–Trinajstić information content (AvgIpc) is 2.55. The third-order valence-electron chi connectivity index (χ3n) is 2.88. The van der Waals surface area contributed by atoms with E-state index in [0.29, 0.717) is 12.5 Å². The van der Waals surface area contributed by atoms with Gasteiger partial charge >= 0.3 is 5.97 Å². The van der Waals surface area contributed by atoms with E-state index in [-0.39, 0.29) is 12.1 Å².